The number of nitrogens with zero attached hydrogens (tertiary/aromatic N) is 2. The Labute approximate surface area is 194 Å². The second-order valence-electron chi connectivity index (χ2n) is 8.05. The molecule has 1 aliphatic heterocycles. The molecule has 1 aliphatic rings. The van der Waals surface area contributed by atoms with Crippen LogP contribution < -0.4 is 0 Å². The first kappa shape index (κ1) is 22.4. The lowest BCUT2D eigenvalue weighted by atomic mass is 9.96. The summed E-state index contributed by atoms with van der Waals surface area (Å²) in [6.45, 7) is 2.96. The predicted octanol–water partition coefficient (Wildman–Crippen LogP) is 4.60. The molecule has 33 heavy (non-hydrogen) atoms. The summed E-state index contributed by atoms with van der Waals surface area (Å²) in [5.74, 6) is -0.331. The number of carbonyl (C=O) groups excluding carboxylic acids is 1. The highest BCUT2D eigenvalue weighted by Gasteiger charge is 2.27. The third-order valence-electron chi connectivity index (χ3n) is 5.86. The van der Waals surface area contributed by atoms with Crippen molar-refractivity contribution >= 4 is 12.0 Å². The minimum absolute atomic E-state index is 0.0103. The van der Waals surface area contributed by atoms with Crippen LogP contribution in [0.4, 0.5) is 0 Å². The van der Waals surface area contributed by atoms with Crippen molar-refractivity contribution in [3.05, 3.63) is 114 Å². The van der Waals surface area contributed by atoms with Crippen LogP contribution in [0.5, 0.6) is 11.5 Å². The summed E-state index contributed by atoms with van der Waals surface area (Å²) >= 11 is 0. The molecule has 4 rings (SSSR count). The monoisotopic (exact) mass is 440 g/mol. The molecule has 0 saturated carbocycles. The molecule has 0 aliphatic carbocycles. The molecular weight excluding hydrogens is 412 g/mol. The van der Waals surface area contributed by atoms with Gasteiger partial charge in [-0.3, -0.25) is 9.69 Å². The van der Waals surface area contributed by atoms with E-state index in [9.17, 15) is 15.0 Å². The van der Waals surface area contributed by atoms with Crippen molar-refractivity contribution in [1.82, 2.24) is 9.80 Å². The van der Waals surface area contributed by atoms with Gasteiger partial charge in [-0.15, -0.1) is 0 Å². The first-order valence-corrected chi connectivity index (χ1v) is 11.1. The summed E-state index contributed by atoms with van der Waals surface area (Å²) in [4.78, 5) is 17.0. The van der Waals surface area contributed by atoms with Gasteiger partial charge < -0.3 is 15.1 Å². The largest absolute Gasteiger partial charge is 0.504 e. The van der Waals surface area contributed by atoms with Crippen LogP contribution >= 0.6 is 0 Å². The van der Waals surface area contributed by atoms with Crippen LogP contribution in [0.25, 0.3) is 6.08 Å². The maximum Gasteiger partial charge on any atom is 0.246 e. The van der Waals surface area contributed by atoms with Crippen molar-refractivity contribution in [3.8, 4) is 11.5 Å². The molecule has 168 valence electrons. The second-order valence-corrected chi connectivity index (χ2v) is 8.05. The van der Waals surface area contributed by atoms with E-state index < -0.39 is 0 Å². The summed E-state index contributed by atoms with van der Waals surface area (Å²) in [5.41, 5.74) is 3.26. The van der Waals surface area contributed by atoms with Crippen molar-refractivity contribution in [1.29, 1.82) is 0 Å². The molecule has 0 spiro atoms. The minimum atomic E-state index is -0.167. The summed E-state index contributed by atoms with van der Waals surface area (Å²) in [7, 11) is 0. The van der Waals surface area contributed by atoms with Crippen molar-refractivity contribution in [2.24, 2.45) is 0 Å². The van der Waals surface area contributed by atoms with E-state index in [4.69, 9.17) is 0 Å². The number of aromatic hydroxyl groups is 2. The highest BCUT2D eigenvalue weighted by Crippen LogP contribution is 2.29. The van der Waals surface area contributed by atoms with E-state index in [2.05, 4.69) is 53.4 Å². The average Bonchev–Trinajstić information content (AvgIpc) is 2.86. The van der Waals surface area contributed by atoms with E-state index in [1.807, 2.05) is 17.0 Å². The molecule has 1 fully saturated rings. The van der Waals surface area contributed by atoms with Crippen LogP contribution in [0.3, 0.4) is 0 Å². The number of benzene rings is 3. The van der Waals surface area contributed by atoms with Gasteiger partial charge in [-0.25, -0.2) is 0 Å². The van der Waals surface area contributed by atoms with Crippen LogP contribution in [0.2, 0.25) is 0 Å². The molecule has 5 nitrogen and oxygen atoms in total. The molecular formula is C28H28N2O3. The van der Waals surface area contributed by atoms with E-state index >= 15 is 0 Å². The zero-order valence-corrected chi connectivity index (χ0v) is 18.4. The van der Waals surface area contributed by atoms with Gasteiger partial charge in [-0.2, -0.15) is 0 Å². The molecule has 5 heteroatoms. The van der Waals surface area contributed by atoms with Crippen LogP contribution in [-0.4, -0.2) is 52.1 Å². The Morgan fingerprint density at radius 3 is 1.94 bits per heavy atom. The molecule has 2 N–H and O–H groups in total. The van der Waals surface area contributed by atoms with Gasteiger partial charge in [0.25, 0.3) is 0 Å². The summed E-state index contributed by atoms with van der Waals surface area (Å²) < 4.78 is 0. The number of allylic oxidation sites excluding steroid dienone is 2. The Balaban J connectivity index is 1.37. The lowest BCUT2D eigenvalue weighted by molar-refractivity contribution is -0.127. The smallest absolute Gasteiger partial charge is 0.246 e. The molecule has 3 aromatic rings. The Morgan fingerprint density at radius 1 is 0.758 bits per heavy atom. The van der Waals surface area contributed by atoms with E-state index in [1.54, 1.807) is 30.4 Å². The summed E-state index contributed by atoms with van der Waals surface area (Å²) in [6, 6.07) is 25.8. The number of amides is 1. The summed E-state index contributed by atoms with van der Waals surface area (Å²) in [5, 5.41) is 18.9. The molecule has 0 bridgehead atoms. The van der Waals surface area contributed by atoms with Crippen molar-refractivity contribution in [2.75, 3.05) is 26.2 Å². The number of hydrogen-bond donors (Lipinski definition) is 2. The number of piperazine rings is 1. The Bertz CT molecular complexity index is 1080. The van der Waals surface area contributed by atoms with Crippen molar-refractivity contribution < 1.29 is 15.0 Å². The van der Waals surface area contributed by atoms with E-state index in [1.165, 1.54) is 23.3 Å². The molecule has 0 unspecified atom stereocenters. The lowest BCUT2D eigenvalue weighted by Crippen LogP contribution is -2.49. The molecule has 1 amide bonds. The Hall–Kier alpha value is -3.83. The van der Waals surface area contributed by atoms with Gasteiger partial charge in [0.05, 0.1) is 6.04 Å². The zero-order valence-electron chi connectivity index (χ0n) is 18.4. The van der Waals surface area contributed by atoms with Crippen LogP contribution in [0.1, 0.15) is 22.7 Å². The second kappa shape index (κ2) is 10.7. The minimum Gasteiger partial charge on any atom is -0.504 e. The van der Waals surface area contributed by atoms with Gasteiger partial charge >= 0.3 is 0 Å². The molecule has 3 aromatic carbocycles. The first-order valence-electron chi connectivity index (χ1n) is 11.1. The highest BCUT2D eigenvalue weighted by molar-refractivity contribution is 5.88. The van der Waals surface area contributed by atoms with E-state index in [0.717, 1.165) is 18.7 Å². The van der Waals surface area contributed by atoms with Gasteiger partial charge in [-0.05, 0) is 28.8 Å². The molecule has 0 radical (unpaired) electrons. The average molecular weight is 441 g/mol. The SMILES string of the molecule is O=C(C=CC=Cc1ccc(O)c(O)c1)N1CCN(C(c2ccccc2)c2ccccc2)CC1. The number of phenolic OH excluding ortho intramolecular Hbond substituents is 2. The van der Waals surface area contributed by atoms with Crippen molar-refractivity contribution in [2.45, 2.75) is 6.04 Å². The lowest BCUT2D eigenvalue weighted by Gasteiger charge is -2.39. The fourth-order valence-corrected chi connectivity index (χ4v) is 4.14. The number of rotatable bonds is 6. The van der Waals surface area contributed by atoms with Crippen LogP contribution in [-0.2, 0) is 4.79 Å². The van der Waals surface area contributed by atoms with Gasteiger partial charge in [0, 0.05) is 32.3 Å². The topological polar surface area (TPSA) is 64.0 Å². The third kappa shape index (κ3) is 5.70. The molecule has 1 heterocycles. The quantitative estimate of drug-likeness (QED) is 0.334. The molecule has 0 atom stereocenters. The summed E-state index contributed by atoms with van der Waals surface area (Å²) in [6.07, 6.45) is 6.79. The van der Waals surface area contributed by atoms with Gasteiger partial charge in [-0.1, -0.05) is 85.0 Å². The standard InChI is InChI=1S/C28H28N2O3/c31-25-16-15-22(21-26(25)32)9-7-8-14-27(33)29-17-19-30(20-18-29)28(23-10-3-1-4-11-23)24-12-5-2-6-13-24/h1-16,21,28,31-32H,17-20H2. The van der Waals surface area contributed by atoms with Crippen molar-refractivity contribution in [3.63, 3.8) is 0 Å². The number of phenols is 2. The maximum atomic E-state index is 12.6. The number of carbonyl (C=O) groups is 1. The third-order valence-corrected chi connectivity index (χ3v) is 5.86. The predicted molar refractivity (Wildman–Crippen MR) is 131 cm³/mol. The number of hydrogen-bond acceptors (Lipinski definition) is 4. The van der Waals surface area contributed by atoms with Gasteiger partial charge in [0.15, 0.2) is 11.5 Å². The van der Waals surface area contributed by atoms with Gasteiger partial charge in [0.1, 0.15) is 0 Å². The fourth-order valence-electron chi connectivity index (χ4n) is 4.14. The van der Waals surface area contributed by atoms with Crippen LogP contribution in [0, 0.1) is 0 Å². The first-order chi connectivity index (χ1) is 16.1. The fraction of sp³-hybridized carbons (Fsp3) is 0.179. The molecule has 1 saturated heterocycles. The molecule has 0 aromatic heterocycles. The normalized spacial score (nSPS) is 15.0. The highest BCUT2D eigenvalue weighted by atomic mass is 16.3. The maximum absolute atomic E-state index is 12.6. The van der Waals surface area contributed by atoms with Crippen LogP contribution in [0.15, 0.2) is 97.1 Å². The Morgan fingerprint density at radius 2 is 1.36 bits per heavy atom. The Kier molecular flexibility index (Phi) is 7.22. The van der Waals surface area contributed by atoms with Gasteiger partial charge in [0.2, 0.25) is 5.91 Å². The zero-order chi connectivity index (χ0) is 23.0. The van der Waals surface area contributed by atoms with E-state index in [0.29, 0.717) is 13.1 Å². The van der Waals surface area contributed by atoms with E-state index in [-0.39, 0.29) is 23.4 Å².